The third kappa shape index (κ3) is 4.44. The van der Waals surface area contributed by atoms with Crippen LogP contribution in [-0.4, -0.2) is 34.1 Å². The van der Waals surface area contributed by atoms with Crippen LogP contribution in [0.2, 0.25) is 5.28 Å². The van der Waals surface area contributed by atoms with Crippen molar-refractivity contribution in [2.75, 3.05) is 18.6 Å². The Morgan fingerprint density at radius 3 is 2.70 bits per heavy atom. The zero-order valence-corrected chi connectivity index (χ0v) is 20.9. The molecule has 0 unspecified atom stereocenters. The molecule has 2 aromatic heterocycles. The highest BCUT2D eigenvalue weighted by molar-refractivity contribution is 9.10. The number of aromatic nitrogens is 3. The Morgan fingerprint density at radius 1 is 1.20 bits per heavy atom. The minimum atomic E-state index is -1.45. The van der Waals surface area contributed by atoms with Gasteiger partial charge in [0.05, 0.1) is 22.2 Å². The number of fused-ring (bicyclic) bond motifs is 1. The van der Waals surface area contributed by atoms with Gasteiger partial charge >= 0.3 is 0 Å². The standard InChI is InChI=1S/C23H27BrClN4P/c1-4-12-30(2,3)22-16-8-9-18(15-6-5-7-15)28-19(16)10-11-20(22)26-14-21-17(24)13-27-23(25)29-21/h8-13,15,26H,4-7,14H2,1-3H3. The van der Waals surface area contributed by atoms with Crippen LogP contribution in [0.25, 0.3) is 10.9 Å². The summed E-state index contributed by atoms with van der Waals surface area (Å²) in [5.74, 6) is 3.12. The van der Waals surface area contributed by atoms with E-state index in [1.54, 1.807) is 6.20 Å². The van der Waals surface area contributed by atoms with Crippen LogP contribution in [0.4, 0.5) is 5.69 Å². The molecule has 0 bridgehead atoms. The Kier molecular flexibility index (Phi) is 6.53. The first-order valence-electron chi connectivity index (χ1n) is 10.4. The third-order valence-electron chi connectivity index (χ3n) is 5.84. The van der Waals surface area contributed by atoms with E-state index in [4.69, 9.17) is 16.6 Å². The van der Waals surface area contributed by atoms with E-state index in [-0.39, 0.29) is 5.28 Å². The van der Waals surface area contributed by atoms with Crippen LogP contribution in [0.3, 0.4) is 0 Å². The smallest absolute Gasteiger partial charge is 0.222 e. The molecule has 0 aliphatic heterocycles. The molecule has 1 N–H and O–H groups in total. The molecule has 4 nitrogen and oxygen atoms in total. The van der Waals surface area contributed by atoms with Gasteiger partial charge in [-0.25, -0.2) is 9.97 Å². The SMILES string of the molecule is CCC=P(C)(C)c1c(NCc2nc(Cl)ncc2Br)ccc2nc(C3CCC3)ccc12. The van der Waals surface area contributed by atoms with Gasteiger partial charge in [0.1, 0.15) is 0 Å². The van der Waals surface area contributed by atoms with Gasteiger partial charge in [0.2, 0.25) is 5.28 Å². The van der Waals surface area contributed by atoms with E-state index < -0.39 is 6.89 Å². The summed E-state index contributed by atoms with van der Waals surface area (Å²) in [5.41, 5.74) is 4.33. The summed E-state index contributed by atoms with van der Waals surface area (Å²) < 4.78 is 0.850. The van der Waals surface area contributed by atoms with Gasteiger partial charge in [0, 0.05) is 34.2 Å². The van der Waals surface area contributed by atoms with Crippen molar-refractivity contribution >= 4 is 62.1 Å². The van der Waals surface area contributed by atoms with Crippen molar-refractivity contribution in [2.24, 2.45) is 0 Å². The summed E-state index contributed by atoms with van der Waals surface area (Å²) in [6, 6.07) is 8.86. The number of nitrogens with zero attached hydrogens (tertiary/aromatic N) is 3. The van der Waals surface area contributed by atoms with Gasteiger partial charge in [-0.15, -0.1) is 0 Å². The molecular formula is C23H27BrClN4P. The lowest BCUT2D eigenvalue weighted by Crippen LogP contribution is -2.17. The molecule has 1 aliphatic rings. The molecule has 30 heavy (non-hydrogen) atoms. The summed E-state index contributed by atoms with van der Waals surface area (Å²) in [6.45, 7) is 6.10. The summed E-state index contributed by atoms with van der Waals surface area (Å²) >= 11 is 9.53. The highest BCUT2D eigenvalue weighted by Gasteiger charge is 2.22. The van der Waals surface area contributed by atoms with Crippen LogP contribution in [-0.2, 0) is 6.54 Å². The van der Waals surface area contributed by atoms with Crippen LogP contribution in [0.1, 0.15) is 49.9 Å². The predicted molar refractivity (Wildman–Crippen MR) is 135 cm³/mol. The van der Waals surface area contributed by atoms with Gasteiger partial charge in [0.25, 0.3) is 0 Å². The fraction of sp³-hybridized carbons (Fsp3) is 0.391. The first-order chi connectivity index (χ1) is 14.4. The van der Waals surface area contributed by atoms with Gasteiger partial charge in [-0.05, 0) is 78.3 Å². The Bertz CT molecular complexity index is 1140. The number of hydrogen-bond donors (Lipinski definition) is 1. The molecule has 1 saturated carbocycles. The molecule has 0 spiro atoms. The summed E-state index contributed by atoms with van der Waals surface area (Å²) in [4.78, 5) is 13.4. The number of nitrogens with one attached hydrogen (secondary N) is 1. The highest BCUT2D eigenvalue weighted by atomic mass is 79.9. The average molecular weight is 506 g/mol. The molecule has 4 rings (SSSR count). The van der Waals surface area contributed by atoms with Crippen molar-refractivity contribution in [2.45, 2.75) is 45.1 Å². The molecule has 3 aromatic rings. The Labute approximate surface area is 192 Å². The van der Waals surface area contributed by atoms with E-state index >= 15 is 0 Å². The summed E-state index contributed by atoms with van der Waals surface area (Å²) in [5, 5.41) is 6.51. The lowest BCUT2D eigenvalue weighted by molar-refractivity contribution is 0.412. The zero-order valence-electron chi connectivity index (χ0n) is 17.6. The van der Waals surface area contributed by atoms with E-state index in [0.717, 1.165) is 27.8 Å². The molecule has 1 fully saturated rings. The normalized spacial score (nSPS) is 14.6. The third-order valence-corrected chi connectivity index (χ3v) is 9.59. The number of anilines is 1. The fourth-order valence-corrected chi connectivity index (χ4v) is 7.29. The topological polar surface area (TPSA) is 50.7 Å². The van der Waals surface area contributed by atoms with E-state index in [9.17, 15) is 0 Å². The van der Waals surface area contributed by atoms with Crippen molar-refractivity contribution in [3.63, 3.8) is 0 Å². The lowest BCUT2D eigenvalue weighted by Gasteiger charge is -2.26. The maximum Gasteiger partial charge on any atom is 0.222 e. The summed E-state index contributed by atoms with van der Waals surface area (Å²) in [6.07, 6.45) is 6.61. The first kappa shape index (κ1) is 21.8. The second-order valence-corrected chi connectivity index (χ2v) is 13.4. The van der Waals surface area contributed by atoms with Gasteiger partial charge < -0.3 is 5.32 Å². The van der Waals surface area contributed by atoms with Gasteiger partial charge in [0.15, 0.2) is 0 Å². The van der Waals surface area contributed by atoms with Crippen LogP contribution >= 0.6 is 34.4 Å². The molecule has 0 atom stereocenters. The molecule has 0 amide bonds. The molecule has 7 heteroatoms. The monoisotopic (exact) mass is 504 g/mol. The van der Waals surface area contributed by atoms with Crippen molar-refractivity contribution < 1.29 is 0 Å². The molecule has 0 saturated heterocycles. The van der Waals surface area contributed by atoms with E-state index in [1.165, 1.54) is 35.6 Å². The molecule has 158 valence electrons. The Balaban J connectivity index is 1.78. The number of pyridine rings is 1. The first-order valence-corrected chi connectivity index (χ1v) is 14.3. The quantitative estimate of drug-likeness (QED) is 0.310. The molecular weight excluding hydrogens is 479 g/mol. The van der Waals surface area contributed by atoms with Crippen molar-refractivity contribution in [1.82, 2.24) is 15.0 Å². The highest BCUT2D eigenvalue weighted by Crippen LogP contribution is 2.43. The van der Waals surface area contributed by atoms with Crippen LogP contribution in [0, 0.1) is 0 Å². The number of halogens is 2. The minimum absolute atomic E-state index is 0.258. The molecule has 1 aromatic carbocycles. The second kappa shape index (κ2) is 8.98. The van der Waals surface area contributed by atoms with Crippen molar-refractivity contribution in [1.29, 1.82) is 0 Å². The minimum Gasteiger partial charge on any atom is -0.379 e. The Morgan fingerprint density at radius 2 is 2.00 bits per heavy atom. The van der Waals surface area contributed by atoms with E-state index in [2.05, 4.69) is 81.5 Å². The molecule has 2 heterocycles. The number of hydrogen-bond acceptors (Lipinski definition) is 4. The maximum atomic E-state index is 6.00. The van der Waals surface area contributed by atoms with E-state index in [1.807, 2.05) is 0 Å². The zero-order chi connectivity index (χ0) is 21.3. The van der Waals surface area contributed by atoms with Crippen LogP contribution in [0.5, 0.6) is 0 Å². The largest absolute Gasteiger partial charge is 0.379 e. The molecule has 0 radical (unpaired) electrons. The Hall–Kier alpha value is -1.42. The number of rotatable bonds is 6. The second-order valence-electron chi connectivity index (χ2n) is 8.31. The van der Waals surface area contributed by atoms with Crippen molar-refractivity contribution in [3.8, 4) is 0 Å². The number of benzene rings is 1. The molecule has 1 aliphatic carbocycles. The fourth-order valence-electron chi connectivity index (χ4n) is 4.13. The van der Waals surface area contributed by atoms with Crippen LogP contribution in [0.15, 0.2) is 34.9 Å². The van der Waals surface area contributed by atoms with Gasteiger partial charge in [-0.2, -0.15) is 0 Å². The van der Waals surface area contributed by atoms with E-state index in [0.29, 0.717) is 12.5 Å². The average Bonchev–Trinajstić information content (AvgIpc) is 2.66. The lowest BCUT2D eigenvalue weighted by atomic mass is 9.82. The summed E-state index contributed by atoms with van der Waals surface area (Å²) in [7, 11) is 0. The van der Waals surface area contributed by atoms with Crippen LogP contribution < -0.4 is 10.6 Å². The van der Waals surface area contributed by atoms with Gasteiger partial charge in [-0.1, -0.05) is 32.1 Å². The van der Waals surface area contributed by atoms with Crippen molar-refractivity contribution in [3.05, 3.63) is 51.6 Å². The van der Waals surface area contributed by atoms with Gasteiger partial charge in [-0.3, -0.25) is 4.98 Å². The maximum absolute atomic E-state index is 6.00. The predicted octanol–water partition coefficient (Wildman–Crippen LogP) is 6.44.